The minimum absolute atomic E-state index is 0.553. The van der Waals surface area contributed by atoms with Crippen LogP contribution in [-0.4, -0.2) is 26.9 Å². The van der Waals surface area contributed by atoms with Gasteiger partial charge in [0, 0.05) is 11.6 Å². The first-order valence-electron chi connectivity index (χ1n) is 6.13. The third-order valence-corrected chi connectivity index (χ3v) is 3.20. The number of rotatable bonds is 5. The second-order valence-electron chi connectivity index (χ2n) is 4.14. The number of halogens is 1. The van der Waals surface area contributed by atoms with Crippen LogP contribution in [0.1, 0.15) is 18.4 Å². The third kappa shape index (κ3) is 2.65. The molecule has 0 atom stereocenters. The molecule has 18 heavy (non-hydrogen) atoms. The van der Waals surface area contributed by atoms with Crippen LogP contribution in [-0.2, 0) is 6.42 Å². The molecule has 1 aliphatic heterocycles. The molecular weight excluding hydrogens is 254 g/mol. The maximum atomic E-state index is 6.19. The van der Waals surface area contributed by atoms with Gasteiger partial charge in [-0.1, -0.05) is 11.6 Å². The Bertz CT molecular complexity index is 423. The molecular formula is C13H18ClNO3. The number of hydrogen-bond donors (Lipinski definition) is 1. The fourth-order valence-corrected chi connectivity index (χ4v) is 2.39. The van der Waals surface area contributed by atoms with Crippen molar-refractivity contribution in [2.75, 3.05) is 26.9 Å². The normalized spacial score (nSPS) is 13.5. The van der Waals surface area contributed by atoms with Crippen LogP contribution < -0.4 is 19.9 Å². The first kappa shape index (κ1) is 13.3. The number of methoxy groups -OCH3 is 1. The molecule has 2 N–H and O–H groups in total. The molecule has 0 unspecified atom stereocenters. The van der Waals surface area contributed by atoms with Crippen LogP contribution in [0.25, 0.3) is 0 Å². The van der Waals surface area contributed by atoms with Crippen LogP contribution in [0.4, 0.5) is 0 Å². The van der Waals surface area contributed by atoms with E-state index in [9.17, 15) is 0 Å². The number of unbranched alkanes of at least 4 members (excludes halogenated alkanes) is 1. The van der Waals surface area contributed by atoms with Crippen molar-refractivity contribution in [1.82, 2.24) is 0 Å². The second-order valence-corrected chi connectivity index (χ2v) is 4.55. The summed E-state index contributed by atoms with van der Waals surface area (Å²) in [4.78, 5) is 0. The van der Waals surface area contributed by atoms with Gasteiger partial charge >= 0.3 is 0 Å². The summed E-state index contributed by atoms with van der Waals surface area (Å²) in [6.07, 6.45) is 2.76. The van der Waals surface area contributed by atoms with Crippen LogP contribution >= 0.6 is 11.6 Å². The molecule has 0 fully saturated rings. The fraction of sp³-hybridized carbons (Fsp3) is 0.538. The molecule has 0 saturated heterocycles. The lowest BCUT2D eigenvalue weighted by molar-refractivity contribution is 0.169. The van der Waals surface area contributed by atoms with Crippen molar-refractivity contribution >= 4 is 11.6 Å². The molecule has 0 bridgehead atoms. The molecule has 0 amide bonds. The standard InChI is InChI=1S/C13H18ClNO3/c1-16-12-9(4-2-3-5-15)13-11(8-10(12)14)17-6-7-18-13/h8H,2-7,15H2,1H3. The van der Waals surface area contributed by atoms with E-state index in [2.05, 4.69) is 0 Å². The number of fused-ring (bicyclic) bond motifs is 1. The van der Waals surface area contributed by atoms with Gasteiger partial charge in [0.15, 0.2) is 11.5 Å². The monoisotopic (exact) mass is 271 g/mol. The Hall–Kier alpha value is -1.13. The SMILES string of the molecule is COc1c(Cl)cc2c(c1CCCCN)OCCO2. The van der Waals surface area contributed by atoms with Gasteiger partial charge in [-0.05, 0) is 25.8 Å². The molecule has 1 aromatic carbocycles. The van der Waals surface area contributed by atoms with E-state index in [1.807, 2.05) is 0 Å². The van der Waals surface area contributed by atoms with E-state index in [-0.39, 0.29) is 0 Å². The van der Waals surface area contributed by atoms with Gasteiger partial charge in [0.1, 0.15) is 19.0 Å². The molecule has 100 valence electrons. The van der Waals surface area contributed by atoms with Crippen molar-refractivity contribution in [2.45, 2.75) is 19.3 Å². The first-order valence-corrected chi connectivity index (χ1v) is 6.50. The van der Waals surface area contributed by atoms with Crippen molar-refractivity contribution in [2.24, 2.45) is 5.73 Å². The van der Waals surface area contributed by atoms with E-state index in [0.29, 0.717) is 36.3 Å². The average molecular weight is 272 g/mol. The van der Waals surface area contributed by atoms with Gasteiger partial charge in [0.25, 0.3) is 0 Å². The summed E-state index contributed by atoms with van der Waals surface area (Å²) in [6, 6.07) is 1.75. The van der Waals surface area contributed by atoms with Crippen LogP contribution in [0.5, 0.6) is 17.2 Å². The molecule has 0 radical (unpaired) electrons. The van der Waals surface area contributed by atoms with E-state index < -0.39 is 0 Å². The summed E-state index contributed by atoms with van der Waals surface area (Å²) < 4.78 is 16.6. The lowest BCUT2D eigenvalue weighted by Gasteiger charge is -2.23. The molecule has 0 aliphatic carbocycles. The van der Waals surface area contributed by atoms with Crippen molar-refractivity contribution in [3.8, 4) is 17.2 Å². The molecule has 2 rings (SSSR count). The fourth-order valence-electron chi connectivity index (χ4n) is 2.10. The largest absolute Gasteiger partial charge is 0.495 e. The van der Waals surface area contributed by atoms with Crippen LogP contribution in [0.15, 0.2) is 6.07 Å². The first-order chi connectivity index (χ1) is 8.77. The van der Waals surface area contributed by atoms with E-state index in [4.69, 9.17) is 31.5 Å². The molecule has 1 aliphatic rings. The quantitative estimate of drug-likeness (QED) is 0.836. The summed E-state index contributed by atoms with van der Waals surface area (Å²) in [5.41, 5.74) is 6.50. The molecule has 0 spiro atoms. The highest BCUT2D eigenvalue weighted by atomic mass is 35.5. The number of hydrogen-bond acceptors (Lipinski definition) is 4. The minimum Gasteiger partial charge on any atom is -0.495 e. The summed E-state index contributed by atoms with van der Waals surface area (Å²) in [5.74, 6) is 2.15. The smallest absolute Gasteiger partial charge is 0.168 e. The van der Waals surface area contributed by atoms with Crippen LogP contribution in [0.2, 0.25) is 5.02 Å². The van der Waals surface area contributed by atoms with E-state index >= 15 is 0 Å². The summed E-state index contributed by atoms with van der Waals surface area (Å²) >= 11 is 6.19. The van der Waals surface area contributed by atoms with Gasteiger partial charge in [-0.2, -0.15) is 0 Å². The maximum absolute atomic E-state index is 6.19. The van der Waals surface area contributed by atoms with Crippen molar-refractivity contribution in [1.29, 1.82) is 0 Å². The summed E-state index contributed by atoms with van der Waals surface area (Å²) in [6.45, 7) is 1.79. The number of nitrogens with two attached hydrogens (primary N) is 1. The Labute approximate surface area is 112 Å². The third-order valence-electron chi connectivity index (χ3n) is 2.92. The van der Waals surface area contributed by atoms with Gasteiger partial charge in [-0.3, -0.25) is 0 Å². The van der Waals surface area contributed by atoms with Gasteiger partial charge < -0.3 is 19.9 Å². The van der Waals surface area contributed by atoms with Crippen molar-refractivity contribution in [3.63, 3.8) is 0 Å². The molecule has 1 heterocycles. The van der Waals surface area contributed by atoms with Crippen molar-refractivity contribution < 1.29 is 14.2 Å². The van der Waals surface area contributed by atoms with E-state index in [0.717, 1.165) is 30.6 Å². The minimum atomic E-state index is 0.553. The Morgan fingerprint density at radius 2 is 2.11 bits per heavy atom. The Morgan fingerprint density at radius 3 is 2.83 bits per heavy atom. The van der Waals surface area contributed by atoms with E-state index in [1.54, 1.807) is 13.2 Å². The summed E-state index contributed by atoms with van der Waals surface area (Å²) in [5, 5.41) is 0.560. The lowest BCUT2D eigenvalue weighted by atomic mass is 10.0. The van der Waals surface area contributed by atoms with Crippen LogP contribution in [0.3, 0.4) is 0 Å². The predicted octanol–water partition coefficient (Wildman–Crippen LogP) is 2.40. The van der Waals surface area contributed by atoms with Gasteiger partial charge in [-0.25, -0.2) is 0 Å². The Balaban J connectivity index is 2.35. The molecule has 0 saturated carbocycles. The van der Waals surface area contributed by atoms with Crippen LogP contribution in [0, 0.1) is 0 Å². The highest BCUT2D eigenvalue weighted by Gasteiger charge is 2.22. The highest BCUT2D eigenvalue weighted by molar-refractivity contribution is 6.32. The van der Waals surface area contributed by atoms with Crippen molar-refractivity contribution in [3.05, 3.63) is 16.7 Å². The number of ether oxygens (including phenoxy) is 3. The Kier molecular flexibility index (Phi) is 4.55. The zero-order valence-corrected chi connectivity index (χ0v) is 11.3. The van der Waals surface area contributed by atoms with Gasteiger partial charge in [-0.15, -0.1) is 0 Å². The topological polar surface area (TPSA) is 53.7 Å². The molecule has 5 heteroatoms. The zero-order valence-electron chi connectivity index (χ0n) is 10.5. The number of benzene rings is 1. The molecule has 1 aromatic rings. The van der Waals surface area contributed by atoms with E-state index in [1.165, 1.54) is 0 Å². The maximum Gasteiger partial charge on any atom is 0.168 e. The highest BCUT2D eigenvalue weighted by Crippen LogP contribution is 2.44. The predicted molar refractivity (Wildman–Crippen MR) is 71.0 cm³/mol. The molecule has 4 nitrogen and oxygen atoms in total. The Morgan fingerprint density at radius 1 is 1.33 bits per heavy atom. The molecule has 0 aromatic heterocycles. The lowest BCUT2D eigenvalue weighted by Crippen LogP contribution is -2.17. The summed E-state index contributed by atoms with van der Waals surface area (Å²) in [7, 11) is 1.61. The zero-order chi connectivity index (χ0) is 13.0. The average Bonchev–Trinajstić information content (AvgIpc) is 2.38. The van der Waals surface area contributed by atoms with Gasteiger partial charge in [0.05, 0.1) is 12.1 Å². The van der Waals surface area contributed by atoms with Gasteiger partial charge in [0.2, 0.25) is 0 Å². The second kappa shape index (κ2) is 6.16.